The van der Waals surface area contributed by atoms with Gasteiger partial charge in [-0.05, 0) is 53.7 Å². The van der Waals surface area contributed by atoms with E-state index in [-0.39, 0.29) is 5.82 Å². The van der Waals surface area contributed by atoms with E-state index >= 15 is 0 Å². The summed E-state index contributed by atoms with van der Waals surface area (Å²) in [6.45, 7) is 0. The Morgan fingerprint density at radius 1 is 0.895 bits per heavy atom. The number of rotatable bonds is 3. The summed E-state index contributed by atoms with van der Waals surface area (Å²) in [7, 11) is 0. The summed E-state index contributed by atoms with van der Waals surface area (Å²) in [6.07, 6.45) is 0. The number of aromatic amines is 1. The number of halogens is 1. The molecule has 3 aromatic rings. The van der Waals surface area contributed by atoms with Gasteiger partial charge in [-0.25, -0.2) is 4.39 Å². The number of aromatic nitrogens is 4. The van der Waals surface area contributed by atoms with E-state index in [2.05, 4.69) is 20.6 Å². The maximum absolute atomic E-state index is 12.8. The predicted molar refractivity (Wildman–Crippen MR) is 66.1 cm³/mol. The molecule has 0 unspecified atom stereocenters. The standard InChI is InChI=1S/C13H9FN4O/c14-10-3-7-12(8-4-10)19-11-5-1-9(2-6-11)13-15-17-18-16-13/h1-8H,(H,15,16,17,18). The second-order valence-electron chi connectivity index (χ2n) is 3.82. The van der Waals surface area contributed by atoms with Gasteiger partial charge in [0.25, 0.3) is 0 Å². The number of hydrogen-bond donors (Lipinski definition) is 1. The van der Waals surface area contributed by atoms with Crippen molar-refractivity contribution in [3.63, 3.8) is 0 Å². The van der Waals surface area contributed by atoms with Crippen molar-refractivity contribution in [2.75, 3.05) is 0 Å². The highest BCUT2D eigenvalue weighted by Crippen LogP contribution is 2.24. The highest BCUT2D eigenvalue weighted by molar-refractivity contribution is 5.55. The molecular weight excluding hydrogens is 247 g/mol. The lowest BCUT2D eigenvalue weighted by Crippen LogP contribution is -1.85. The molecule has 0 fully saturated rings. The highest BCUT2D eigenvalue weighted by atomic mass is 19.1. The molecule has 5 nitrogen and oxygen atoms in total. The third-order valence-corrected chi connectivity index (χ3v) is 2.51. The van der Waals surface area contributed by atoms with E-state index in [0.717, 1.165) is 5.56 Å². The number of tetrazole rings is 1. The number of nitrogens with zero attached hydrogens (tertiary/aromatic N) is 3. The summed E-state index contributed by atoms with van der Waals surface area (Å²) < 4.78 is 18.3. The van der Waals surface area contributed by atoms with Crippen LogP contribution < -0.4 is 4.74 Å². The smallest absolute Gasteiger partial charge is 0.204 e. The lowest BCUT2D eigenvalue weighted by Gasteiger charge is -2.05. The Kier molecular flexibility index (Phi) is 2.89. The number of nitrogens with one attached hydrogen (secondary N) is 1. The van der Waals surface area contributed by atoms with Crippen molar-refractivity contribution >= 4 is 0 Å². The molecule has 0 aliphatic rings. The largest absolute Gasteiger partial charge is 0.457 e. The minimum absolute atomic E-state index is 0.292. The van der Waals surface area contributed by atoms with Gasteiger partial charge >= 0.3 is 0 Å². The van der Waals surface area contributed by atoms with Crippen LogP contribution in [0.5, 0.6) is 11.5 Å². The first-order valence-corrected chi connectivity index (χ1v) is 5.58. The topological polar surface area (TPSA) is 63.7 Å². The van der Waals surface area contributed by atoms with Gasteiger partial charge in [-0.2, -0.15) is 5.21 Å². The molecule has 0 aliphatic carbocycles. The quantitative estimate of drug-likeness (QED) is 0.782. The van der Waals surface area contributed by atoms with Crippen LogP contribution in [0, 0.1) is 5.82 Å². The first kappa shape index (κ1) is 11.3. The SMILES string of the molecule is Fc1ccc(Oc2ccc(-c3nn[nH]n3)cc2)cc1. The monoisotopic (exact) mass is 256 g/mol. The van der Waals surface area contributed by atoms with Crippen molar-refractivity contribution in [1.82, 2.24) is 20.6 Å². The van der Waals surface area contributed by atoms with Gasteiger partial charge in [0, 0.05) is 5.56 Å². The Morgan fingerprint density at radius 3 is 2.11 bits per heavy atom. The molecule has 94 valence electrons. The summed E-state index contributed by atoms with van der Waals surface area (Å²) >= 11 is 0. The van der Waals surface area contributed by atoms with Gasteiger partial charge in [-0.3, -0.25) is 0 Å². The summed E-state index contributed by atoms with van der Waals surface area (Å²) in [4.78, 5) is 0. The first-order valence-electron chi connectivity index (χ1n) is 5.58. The van der Waals surface area contributed by atoms with E-state index in [0.29, 0.717) is 17.3 Å². The molecule has 1 aromatic heterocycles. The Hall–Kier alpha value is -2.76. The second-order valence-corrected chi connectivity index (χ2v) is 3.82. The number of hydrogen-bond acceptors (Lipinski definition) is 4. The molecule has 1 heterocycles. The fourth-order valence-corrected chi connectivity index (χ4v) is 1.59. The van der Waals surface area contributed by atoms with Crippen LogP contribution in [-0.2, 0) is 0 Å². The van der Waals surface area contributed by atoms with Gasteiger partial charge in [-0.1, -0.05) is 0 Å². The zero-order valence-electron chi connectivity index (χ0n) is 9.75. The fourth-order valence-electron chi connectivity index (χ4n) is 1.59. The minimum atomic E-state index is -0.292. The average Bonchev–Trinajstić information content (AvgIpc) is 2.96. The van der Waals surface area contributed by atoms with Crippen molar-refractivity contribution in [1.29, 1.82) is 0 Å². The maximum Gasteiger partial charge on any atom is 0.204 e. The van der Waals surface area contributed by atoms with Crippen molar-refractivity contribution in [3.8, 4) is 22.9 Å². The zero-order valence-corrected chi connectivity index (χ0v) is 9.75. The minimum Gasteiger partial charge on any atom is -0.457 e. The lowest BCUT2D eigenvalue weighted by atomic mass is 10.2. The molecule has 2 aromatic carbocycles. The Bertz CT molecular complexity index is 650. The fraction of sp³-hybridized carbons (Fsp3) is 0. The Morgan fingerprint density at radius 2 is 1.53 bits per heavy atom. The van der Waals surface area contributed by atoms with Gasteiger partial charge in [-0.15, -0.1) is 10.2 Å². The molecule has 3 rings (SSSR count). The molecule has 0 saturated heterocycles. The molecule has 0 radical (unpaired) electrons. The zero-order chi connectivity index (χ0) is 13.1. The summed E-state index contributed by atoms with van der Waals surface area (Å²) in [5.74, 6) is 1.46. The predicted octanol–water partition coefficient (Wildman–Crippen LogP) is 2.80. The molecule has 0 amide bonds. The van der Waals surface area contributed by atoms with E-state index in [9.17, 15) is 4.39 Å². The van der Waals surface area contributed by atoms with Crippen LogP contribution in [0.15, 0.2) is 48.5 Å². The first-order chi connectivity index (χ1) is 9.31. The molecule has 6 heteroatoms. The van der Waals surface area contributed by atoms with Crippen molar-refractivity contribution < 1.29 is 9.13 Å². The third kappa shape index (κ3) is 2.57. The molecule has 1 N–H and O–H groups in total. The Balaban J connectivity index is 1.77. The van der Waals surface area contributed by atoms with E-state index in [1.807, 2.05) is 12.1 Å². The van der Waals surface area contributed by atoms with Crippen LogP contribution in [0.1, 0.15) is 0 Å². The number of H-pyrrole nitrogens is 1. The van der Waals surface area contributed by atoms with Crippen LogP contribution in [-0.4, -0.2) is 20.6 Å². The molecule has 0 bridgehead atoms. The normalized spacial score (nSPS) is 10.4. The van der Waals surface area contributed by atoms with Crippen LogP contribution in [0.2, 0.25) is 0 Å². The second kappa shape index (κ2) is 4.85. The maximum atomic E-state index is 12.8. The van der Waals surface area contributed by atoms with E-state index in [1.54, 1.807) is 24.3 Å². The summed E-state index contributed by atoms with van der Waals surface area (Å²) in [5, 5.41) is 13.6. The van der Waals surface area contributed by atoms with E-state index in [1.165, 1.54) is 12.1 Å². The molecule has 0 saturated carbocycles. The van der Waals surface area contributed by atoms with Crippen LogP contribution in [0.3, 0.4) is 0 Å². The molecule has 0 atom stereocenters. The third-order valence-electron chi connectivity index (χ3n) is 2.51. The Labute approximate surface area is 108 Å². The van der Waals surface area contributed by atoms with Gasteiger partial charge in [0.2, 0.25) is 5.82 Å². The van der Waals surface area contributed by atoms with Crippen molar-refractivity contribution in [3.05, 3.63) is 54.3 Å². The van der Waals surface area contributed by atoms with Gasteiger partial charge in [0.1, 0.15) is 17.3 Å². The average molecular weight is 256 g/mol. The summed E-state index contributed by atoms with van der Waals surface area (Å²) in [6, 6.07) is 13.1. The molecule has 0 spiro atoms. The van der Waals surface area contributed by atoms with Crippen LogP contribution >= 0.6 is 0 Å². The van der Waals surface area contributed by atoms with Crippen molar-refractivity contribution in [2.45, 2.75) is 0 Å². The number of ether oxygens (including phenoxy) is 1. The summed E-state index contributed by atoms with van der Waals surface area (Å²) in [5.41, 5.74) is 0.834. The lowest BCUT2D eigenvalue weighted by molar-refractivity contribution is 0.480. The molecule has 19 heavy (non-hydrogen) atoms. The van der Waals surface area contributed by atoms with Gasteiger partial charge < -0.3 is 4.74 Å². The molecule has 0 aliphatic heterocycles. The van der Waals surface area contributed by atoms with Gasteiger partial charge in [0.15, 0.2) is 0 Å². The number of benzene rings is 2. The highest BCUT2D eigenvalue weighted by Gasteiger charge is 2.03. The van der Waals surface area contributed by atoms with E-state index < -0.39 is 0 Å². The van der Waals surface area contributed by atoms with Gasteiger partial charge in [0.05, 0.1) is 0 Å². The van der Waals surface area contributed by atoms with Crippen LogP contribution in [0.4, 0.5) is 4.39 Å². The molecular formula is C13H9FN4O. The van der Waals surface area contributed by atoms with Crippen molar-refractivity contribution in [2.24, 2.45) is 0 Å². The van der Waals surface area contributed by atoms with E-state index in [4.69, 9.17) is 4.74 Å². The van der Waals surface area contributed by atoms with Crippen LogP contribution in [0.25, 0.3) is 11.4 Å².